The zero-order valence-electron chi connectivity index (χ0n) is 13.8. The molecule has 0 saturated carbocycles. The van der Waals surface area contributed by atoms with Crippen molar-refractivity contribution in [3.05, 3.63) is 53.7 Å². The van der Waals surface area contributed by atoms with Crippen LogP contribution in [0.15, 0.2) is 52.4 Å². The van der Waals surface area contributed by atoms with Crippen LogP contribution in [0, 0.1) is 0 Å². The number of aromatic nitrogens is 3. The molecule has 0 bridgehead atoms. The van der Waals surface area contributed by atoms with Gasteiger partial charge in [-0.25, -0.2) is 4.98 Å². The third-order valence-electron chi connectivity index (χ3n) is 3.77. The van der Waals surface area contributed by atoms with E-state index in [1.165, 1.54) is 11.3 Å². The predicted octanol–water partition coefficient (Wildman–Crippen LogP) is 4.59. The Morgan fingerprint density at radius 3 is 2.88 bits per heavy atom. The number of carbonyl (C=O) groups is 1. The zero-order valence-corrected chi connectivity index (χ0v) is 14.6. The lowest BCUT2D eigenvalue weighted by Crippen LogP contribution is -2.13. The lowest BCUT2D eigenvalue weighted by molar-refractivity contribution is 0.102. The molecular formula is C18H16N4O2S. The molecular weight excluding hydrogens is 336 g/mol. The van der Waals surface area contributed by atoms with Crippen LogP contribution < -0.4 is 5.32 Å². The molecule has 1 N–H and O–H groups in total. The number of anilines is 1. The minimum atomic E-state index is -0.273. The molecule has 0 atom stereocenters. The minimum Gasteiger partial charge on any atom is -0.454 e. The summed E-state index contributed by atoms with van der Waals surface area (Å²) in [6.07, 6.45) is 1.79. The van der Waals surface area contributed by atoms with E-state index in [9.17, 15) is 4.79 Å². The van der Waals surface area contributed by atoms with Gasteiger partial charge < -0.3 is 4.42 Å². The molecule has 25 heavy (non-hydrogen) atoms. The molecule has 4 aromatic rings. The quantitative estimate of drug-likeness (QED) is 0.583. The number of thiazole rings is 1. The maximum Gasteiger partial charge on any atom is 0.277 e. The Balaban J connectivity index is 1.53. The van der Waals surface area contributed by atoms with Gasteiger partial charge in [0.05, 0.1) is 0 Å². The Bertz CT molecular complexity index is 1010. The smallest absolute Gasteiger partial charge is 0.277 e. The summed E-state index contributed by atoms with van der Waals surface area (Å²) in [7, 11) is 0. The molecule has 0 unspecified atom stereocenters. The maximum atomic E-state index is 12.3. The molecule has 7 heteroatoms. The second-order valence-corrected chi connectivity index (χ2v) is 6.77. The normalized spacial score (nSPS) is 11.3. The van der Waals surface area contributed by atoms with Gasteiger partial charge in [0, 0.05) is 23.0 Å². The van der Waals surface area contributed by atoms with Crippen molar-refractivity contribution in [1.82, 2.24) is 14.8 Å². The van der Waals surface area contributed by atoms with E-state index in [-0.39, 0.29) is 11.9 Å². The number of furan rings is 1. The van der Waals surface area contributed by atoms with Gasteiger partial charge in [0.25, 0.3) is 5.91 Å². The summed E-state index contributed by atoms with van der Waals surface area (Å²) in [6.45, 7) is 4.02. The first kappa shape index (κ1) is 15.6. The van der Waals surface area contributed by atoms with E-state index >= 15 is 0 Å². The van der Waals surface area contributed by atoms with Crippen molar-refractivity contribution < 1.29 is 9.21 Å². The molecule has 126 valence electrons. The molecule has 1 amide bonds. The number of benzene rings is 1. The van der Waals surface area contributed by atoms with Gasteiger partial charge in [-0.05, 0) is 32.0 Å². The molecule has 4 rings (SSSR count). The fraction of sp³-hybridized carbons (Fsp3) is 0.167. The van der Waals surface area contributed by atoms with Crippen molar-refractivity contribution in [1.29, 1.82) is 0 Å². The highest BCUT2D eigenvalue weighted by molar-refractivity contribution is 7.14. The van der Waals surface area contributed by atoms with E-state index in [1.54, 1.807) is 16.9 Å². The van der Waals surface area contributed by atoms with Crippen molar-refractivity contribution in [3.8, 4) is 11.5 Å². The van der Waals surface area contributed by atoms with Crippen molar-refractivity contribution in [3.63, 3.8) is 0 Å². The Hall–Kier alpha value is -2.93. The number of nitrogens with one attached hydrogen (secondary N) is 1. The van der Waals surface area contributed by atoms with E-state index < -0.39 is 0 Å². The molecule has 0 spiro atoms. The Morgan fingerprint density at radius 1 is 1.28 bits per heavy atom. The zero-order chi connectivity index (χ0) is 17.4. The van der Waals surface area contributed by atoms with Crippen molar-refractivity contribution in [2.24, 2.45) is 0 Å². The van der Waals surface area contributed by atoms with Crippen LogP contribution in [0.2, 0.25) is 0 Å². The molecule has 0 saturated heterocycles. The van der Waals surface area contributed by atoms with Crippen LogP contribution in [-0.2, 0) is 0 Å². The maximum absolute atomic E-state index is 12.3. The van der Waals surface area contributed by atoms with Crippen LogP contribution in [0.25, 0.3) is 22.4 Å². The van der Waals surface area contributed by atoms with Gasteiger partial charge in [0.15, 0.2) is 16.6 Å². The number of carbonyl (C=O) groups excluding carboxylic acids is 1. The number of hydrogen-bond acceptors (Lipinski definition) is 5. The summed E-state index contributed by atoms with van der Waals surface area (Å²) in [5.41, 5.74) is 1.88. The third kappa shape index (κ3) is 3.06. The molecule has 0 aliphatic carbocycles. The van der Waals surface area contributed by atoms with Gasteiger partial charge in [-0.3, -0.25) is 14.8 Å². The van der Waals surface area contributed by atoms with E-state index in [1.807, 2.05) is 49.6 Å². The lowest BCUT2D eigenvalue weighted by Gasteiger charge is -2.03. The van der Waals surface area contributed by atoms with Crippen LogP contribution >= 0.6 is 11.3 Å². The molecule has 0 fully saturated rings. The first-order chi connectivity index (χ1) is 12.1. The Kier molecular flexibility index (Phi) is 3.85. The lowest BCUT2D eigenvalue weighted by atomic mass is 10.2. The number of amides is 1. The van der Waals surface area contributed by atoms with E-state index in [2.05, 4.69) is 15.4 Å². The number of hydrogen-bond donors (Lipinski definition) is 1. The van der Waals surface area contributed by atoms with Gasteiger partial charge in [-0.2, -0.15) is 5.10 Å². The van der Waals surface area contributed by atoms with E-state index in [4.69, 9.17) is 4.42 Å². The molecule has 1 aromatic carbocycles. The Labute approximate surface area is 148 Å². The van der Waals surface area contributed by atoms with Crippen LogP contribution in [0.4, 0.5) is 5.13 Å². The summed E-state index contributed by atoms with van der Waals surface area (Å²) >= 11 is 1.35. The molecule has 3 aromatic heterocycles. The summed E-state index contributed by atoms with van der Waals surface area (Å²) in [6, 6.07) is 11.6. The van der Waals surface area contributed by atoms with Crippen LogP contribution in [0.3, 0.4) is 0 Å². The summed E-state index contributed by atoms with van der Waals surface area (Å²) in [5, 5.41) is 10.4. The monoisotopic (exact) mass is 352 g/mol. The van der Waals surface area contributed by atoms with Gasteiger partial charge in [-0.15, -0.1) is 11.3 Å². The number of para-hydroxylation sites is 1. The number of fused-ring (bicyclic) bond motifs is 1. The minimum absolute atomic E-state index is 0.209. The molecule has 6 nitrogen and oxygen atoms in total. The molecule has 0 aliphatic heterocycles. The molecule has 0 radical (unpaired) electrons. The molecule has 0 aliphatic rings. The SMILES string of the molecule is CC(C)n1ccc(C(=O)Nc2nc(-c3cc4ccccc4o3)cs2)n1. The van der Waals surface area contributed by atoms with Gasteiger partial charge in [-0.1, -0.05) is 18.2 Å². The highest BCUT2D eigenvalue weighted by Gasteiger charge is 2.15. The summed E-state index contributed by atoms with van der Waals surface area (Å²) in [4.78, 5) is 16.7. The van der Waals surface area contributed by atoms with Crippen molar-refractivity contribution in [2.45, 2.75) is 19.9 Å². The fourth-order valence-corrected chi connectivity index (χ4v) is 3.16. The highest BCUT2D eigenvalue weighted by Crippen LogP contribution is 2.30. The van der Waals surface area contributed by atoms with Crippen LogP contribution in [-0.4, -0.2) is 20.7 Å². The van der Waals surface area contributed by atoms with Gasteiger partial charge in [0.2, 0.25) is 0 Å². The standard InChI is InChI=1S/C18H16N4O2S/c1-11(2)22-8-7-13(21-22)17(23)20-18-19-14(10-25-18)16-9-12-5-3-4-6-15(12)24-16/h3-11H,1-2H3,(H,19,20,23). The number of rotatable bonds is 4. The molecule has 3 heterocycles. The van der Waals surface area contributed by atoms with Crippen LogP contribution in [0.1, 0.15) is 30.4 Å². The van der Waals surface area contributed by atoms with Crippen LogP contribution in [0.5, 0.6) is 0 Å². The number of nitrogens with zero attached hydrogens (tertiary/aromatic N) is 3. The van der Waals surface area contributed by atoms with Gasteiger partial charge >= 0.3 is 0 Å². The van der Waals surface area contributed by atoms with Crippen molar-refractivity contribution in [2.75, 3.05) is 5.32 Å². The average molecular weight is 352 g/mol. The van der Waals surface area contributed by atoms with Gasteiger partial charge in [0.1, 0.15) is 11.3 Å². The van der Waals surface area contributed by atoms with E-state index in [0.717, 1.165) is 11.0 Å². The van der Waals surface area contributed by atoms with E-state index in [0.29, 0.717) is 22.3 Å². The second-order valence-electron chi connectivity index (χ2n) is 5.92. The summed E-state index contributed by atoms with van der Waals surface area (Å²) < 4.78 is 7.55. The highest BCUT2D eigenvalue weighted by atomic mass is 32.1. The Morgan fingerprint density at radius 2 is 2.12 bits per heavy atom. The third-order valence-corrected chi connectivity index (χ3v) is 4.53. The largest absolute Gasteiger partial charge is 0.454 e. The first-order valence-electron chi connectivity index (χ1n) is 7.91. The summed E-state index contributed by atoms with van der Waals surface area (Å²) in [5.74, 6) is 0.409. The second kappa shape index (κ2) is 6.18. The topological polar surface area (TPSA) is 73.0 Å². The first-order valence-corrected chi connectivity index (χ1v) is 8.79. The predicted molar refractivity (Wildman–Crippen MR) is 97.9 cm³/mol. The average Bonchev–Trinajstić information content (AvgIpc) is 3.33. The van der Waals surface area contributed by atoms with Crippen molar-refractivity contribution >= 4 is 33.3 Å². The fourth-order valence-electron chi connectivity index (χ4n) is 2.46.